The topological polar surface area (TPSA) is 48.3 Å². The fraction of sp³-hybridized carbons (Fsp3) is 0.556. The fourth-order valence-electron chi connectivity index (χ4n) is 0.722. The van der Waals surface area contributed by atoms with E-state index in [4.69, 9.17) is 0 Å². The zero-order valence-corrected chi connectivity index (χ0v) is 12.3. The molecule has 0 N–H and O–H groups in total. The Morgan fingerprint density at radius 1 is 1.60 bits per heavy atom. The minimum atomic E-state index is -1.22. The van der Waals surface area contributed by atoms with Crippen molar-refractivity contribution in [1.29, 1.82) is 0 Å². The summed E-state index contributed by atoms with van der Waals surface area (Å²) in [5.74, 6) is 0. The van der Waals surface area contributed by atoms with E-state index in [2.05, 4.69) is 25.3 Å². The van der Waals surface area contributed by atoms with Gasteiger partial charge in [-0.1, -0.05) is 4.40 Å². The highest BCUT2D eigenvalue weighted by Gasteiger charge is 2.27. The van der Waals surface area contributed by atoms with E-state index in [1.54, 1.807) is 6.20 Å². The Labute approximate surface area is 105 Å². The van der Waals surface area contributed by atoms with Gasteiger partial charge in [0, 0.05) is 0 Å². The molecule has 6 heteroatoms. The number of halogens is 1. The van der Waals surface area contributed by atoms with Crippen molar-refractivity contribution in [2.75, 3.05) is 0 Å². The third-order valence-electron chi connectivity index (χ3n) is 1.53. The van der Waals surface area contributed by atoms with E-state index in [0.29, 0.717) is 0 Å². The van der Waals surface area contributed by atoms with E-state index in [1.807, 2.05) is 27.7 Å². The van der Waals surface area contributed by atoms with Gasteiger partial charge in [0.1, 0.15) is 26.8 Å². The minimum Gasteiger partial charge on any atom is -0.591 e. The molecule has 1 atom stereocenters. The molecule has 3 nitrogen and oxygen atoms in total. The van der Waals surface area contributed by atoms with E-state index in [0.717, 1.165) is 14.5 Å². The minimum absolute atomic E-state index is 0.324. The van der Waals surface area contributed by atoms with Crippen LogP contribution in [-0.2, 0) is 11.4 Å². The number of aromatic nitrogens is 1. The maximum absolute atomic E-state index is 11.7. The lowest BCUT2D eigenvalue weighted by atomic mass is 10.3. The zero-order valence-electron chi connectivity index (χ0n) is 9.07. The van der Waals surface area contributed by atoms with E-state index in [9.17, 15) is 4.55 Å². The lowest BCUT2D eigenvalue weighted by molar-refractivity contribution is 0.561. The molecule has 0 aliphatic rings. The predicted octanol–water partition coefficient (Wildman–Crippen LogP) is 3.18. The molecule has 0 aromatic carbocycles. The monoisotopic (exact) mass is 308 g/mol. The van der Waals surface area contributed by atoms with Crippen LogP contribution in [0.4, 0.5) is 0 Å². The second-order valence-electron chi connectivity index (χ2n) is 4.01. The third kappa shape index (κ3) is 3.86. The van der Waals surface area contributed by atoms with Gasteiger partial charge in [-0.15, -0.1) is 11.3 Å². The second-order valence-corrected chi connectivity index (χ2v) is 8.32. The number of thiazole rings is 1. The summed E-state index contributed by atoms with van der Waals surface area (Å²) in [4.78, 5) is 4.16. The maximum atomic E-state index is 11.7. The van der Waals surface area contributed by atoms with Crippen LogP contribution in [0.15, 0.2) is 14.4 Å². The van der Waals surface area contributed by atoms with Gasteiger partial charge in [-0.05, 0) is 43.6 Å². The average Bonchev–Trinajstić information content (AvgIpc) is 2.50. The normalized spacial score (nSPS) is 15.5. The molecule has 0 bridgehead atoms. The molecule has 1 aromatic rings. The molecule has 0 saturated carbocycles. The lowest BCUT2D eigenvalue weighted by Crippen LogP contribution is -2.26. The average molecular weight is 309 g/mol. The number of hydrogen-bond donors (Lipinski definition) is 0. The summed E-state index contributed by atoms with van der Waals surface area (Å²) in [6.07, 6.45) is 1.72. The van der Waals surface area contributed by atoms with Gasteiger partial charge in [-0.2, -0.15) is 0 Å². The molecule has 0 spiro atoms. The van der Waals surface area contributed by atoms with Gasteiger partial charge < -0.3 is 4.55 Å². The molecular formula is C9H13BrN2OS2. The van der Waals surface area contributed by atoms with E-state index < -0.39 is 11.4 Å². The smallest absolute Gasteiger partial charge is 0.144 e. The van der Waals surface area contributed by atoms with Crippen molar-refractivity contribution in [2.24, 2.45) is 4.40 Å². The van der Waals surface area contributed by atoms with Crippen LogP contribution in [0.2, 0.25) is 0 Å². The Bertz CT molecular complexity index is 370. The molecule has 84 valence electrons. The first-order chi connectivity index (χ1) is 6.80. The molecule has 1 rings (SSSR count). The molecule has 1 aromatic heterocycles. The summed E-state index contributed by atoms with van der Waals surface area (Å²) in [7, 11) is 0. The molecular weight excluding hydrogens is 296 g/mol. The SMILES string of the molecule is C/C(=N\[S+]([O-])C(C)(C)C)c1ncc(Br)s1. The van der Waals surface area contributed by atoms with Crippen molar-refractivity contribution in [3.63, 3.8) is 0 Å². The molecule has 15 heavy (non-hydrogen) atoms. The molecule has 0 aliphatic heterocycles. The van der Waals surface area contributed by atoms with Crippen LogP contribution in [-0.4, -0.2) is 20.0 Å². The quantitative estimate of drug-likeness (QED) is 0.622. The Hall–Kier alpha value is 0.0900. The van der Waals surface area contributed by atoms with E-state index in [-0.39, 0.29) is 4.75 Å². The highest BCUT2D eigenvalue weighted by molar-refractivity contribution is 9.11. The maximum Gasteiger partial charge on any atom is 0.144 e. The van der Waals surface area contributed by atoms with Gasteiger partial charge >= 0.3 is 0 Å². The summed E-state index contributed by atoms with van der Waals surface area (Å²) >= 11 is 3.60. The Morgan fingerprint density at radius 2 is 2.20 bits per heavy atom. The van der Waals surface area contributed by atoms with Gasteiger partial charge in [-0.3, -0.25) is 0 Å². The first-order valence-electron chi connectivity index (χ1n) is 4.39. The largest absolute Gasteiger partial charge is 0.591 e. The number of hydrogen-bond acceptors (Lipinski definition) is 4. The summed E-state index contributed by atoms with van der Waals surface area (Å²) in [5, 5.41) is 0.805. The van der Waals surface area contributed by atoms with Crippen molar-refractivity contribution >= 4 is 44.3 Å². The van der Waals surface area contributed by atoms with Gasteiger partial charge in [0.25, 0.3) is 0 Å². The van der Waals surface area contributed by atoms with Crippen LogP contribution in [0.25, 0.3) is 0 Å². The first kappa shape index (κ1) is 13.2. The molecule has 1 heterocycles. The van der Waals surface area contributed by atoms with Crippen molar-refractivity contribution in [3.8, 4) is 0 Å². The summed E-state index contributed by atoms with van der Waals surface area (Å²) in [5.41, 5.74) is 0.721. The van der Waals surface area contributed by atoms with Crippen LogP contribution < -0.4 is 0 Å². The fourth-order valence-corrected chi connectivity index (χ4v) is 2.54. The highest BCUT2D eigenvalue weighted by atomic mass is 79.9. The van der Waals surface area contributed by atoms with Crippen molar-refractivity contribution < 1.29 is 4.55 Å². The van der Waals surface area contributed by atoms with E-state index in [1.165, 1.54) is 11.3 Å². The lowest BCUT2D eigenvalue weighted by Gasteiger charge is -2.18. The van der Waals surface area contributed by atoms with Gasteiger partial charge in [0.2, 0.25) is 0 Å². The van der Waals surface area contributed by atoms with Gasteiger partial charge in [0.05, 0.1) is 9.98 Å². The van der Waals surface area contributed by atoms with Crippen molar-refractivity contribution in [1.82, 2.24) is 4.98 Å². The molecule has 0 saturated heterocycles. The van der Waals surface area contributed by atoms with Crippen LogP contribution in [0, 0.1) is 0 Å². The third-order valence-corrected chi connectivity index (χ3v) is 4.60. The van der Waals surface area contributed by atoms with E-state index >= 15 is 0 Å². The van der Waals surface area contributed by atoms with Crippen LogP contribution in [0.1, 0.15) is 32.7 Å². The molecule has 0 aliphatic carbocycles. The molecule has 0 radical (unpaired) electrons. The Morgan fingerprint density at radius 3 is 2.60 bits per heavy atom. The van der Waals surface area contributed by atoms with Crippen molar-refractivity contribution in [2.45, 2.75) is 32.4 Å². The number of rotatable bonds is 2. The molecule has 1 unspecified atom stereocenters. The van der Waals surface area contributed by atoms with Crippen LogP contribution in [0.3, 0.4) is 0 Å². The van der Waals surface area contributed by atoms with Crippen molar-refractivity contribution in [3.05, 3.63) is 15.0 Å². The highest BCUT2D eigenvalue weighted by Crippen LogP contribution is 2.22. The summed E-state index contributed by atoms with van der Waals surface area (Å²) in [6.45, 7) is 7.53. The summed E-state index contributed by atoms with van der Waals surface area (Å²) in [6, 6.07) is 0. The number of nitrogens with zero attached hydrogens (tertiary/aromatic N) is 2. The first-order valence-corrected chi connectivity index (χ1v) is 7.11. The molecule has 0 amide bonds. The second kappa shape index (κ2) is 4.95. The molecule has 0 fully saturated rings. The standard InChI is InChI=1S/C9H13BrN2OS2/c1-6(8-11-5-7(10)14-8)12-15(13)9(2,3)4/h5H,1-4H3/b12-6+. The predicted molar refractivity (Wildman–Crippen MR) is 69.9 cm³/mol. The Kier molecular flexibility index (Phi) is 4.34. The van der Waals surface area contributed by atoms with Gasteiger partial charge in [0.15, 0.2) is 0 Å². The summed E-state index contributed by atoms with van der Waals surface area (Å²) < 4.78 is 16.5. The van der Waals surface area contributed by atoms with Crippen LogP contribution in [0.5, 0.6) is 0 Å². The Balaban J connectivity index is 2.85. The van der Waals surface area contributed by atoms with Crippen LogP contribution >= 0.6 is 27.3 Å². The zero-order chi connectivity index (χ0) is 11.6. The van der Waals surface area contributed by atoms with Gasteiger partial charge in [-0.25, -0.2) is 4.98 Å².